The largest absolute Gasteiger partial charge is 0.496 e. The van der Waals surface area contributed by atoms with Crippen LogP contribution < -0.4 is 18.8 Å². The van der Waals surface area contributed by atoms with Crippen molar-refractivity contribution in [3.63, 3.8) is 0 Å². The van der Waals surface area contributed by atoms with E-state index in [9.17, 15) is 0 Å². The zero-order valence-electron chi connectivity index (χ0n) is 17.3. The van der Waals surface area contributed by atoms with Gasteiger partial charge in [0.25, 0.3) is 0 Å². The Morgan fingerprint density at radius 1 is 0.581 bits per heavy atom. The second kappa shape index (κ2) is 6.74. The second-order valence-corrected chi connectivity index (χ2v) is 7.49. The average molecular weight is 406 g/mol. The number of nitrogens with zero attached hydrogens (tertiary/aromatic N) is 1. The molecule has 4 heteroatoms. The summed E-state index contributed by atoms with van der Waals surface area (Å²) in [5.41, 5.74) is 5.22. The lowest BCUT2D eigenvalue weighted by Crippen LogP contribution is -2.33. The number of hydrogen-bond acceptors (Lipinski definition) is 3. The summed E-state index contributed by atoms with van der Waals surface area (Å²) in [6, 6.07) is 28.7. The van der Waals surface area contributed by atoms with E-state index in [1.807, 2.05) is 48.5 Å². The highest BCUT2D eigenvalue weighted by atomic mass is 16.5. The van der Waals surface area contributed by atoms with Crippen molar-refractivity contribution < 1.29 is 18.8 Å². The Labute approximate surface area is 179 Å². The van der Waals surface area contributed by atoms with Crippen molar-refractivity contribution in [2.45, 2.75) is 0 Å². The van der Waals surface area contributed by atoms with Gasteiger partial charge < -0.3 is 14.2 Å². The fraction of sp³-hybridized carbons (Fsp3) is 0.0741. The van der Waals surface area contributed by atoms with Crippen molar-refractivity contribution in [3.05, 3.63) is 84.9 Å². The lowest BCUT2D eigenvalue weighted by Gasteiger charge is -2.24. The molecule has 1 aliphatic rings. The normalized spacial score (nSPS) is 11.8. The summed E-state index contributed by atoms with van der Waals surface area (Å²) in [5.74, 6) is 3.19. The lowest BCUT2D eigenvalue weighted by atomic mass is 9.91. The first-order chi connectivity index (χ1) is 15.3. The minimum Gasteiger partial charge on any atom is -0.496 e. The smallest absolute Gasteiger partial charge is 0.223 e. The van der Waals surface area contributed by atoms with Gasteiger partial charge in [-0.1, -0.05) is 36.4 Å². The maximum absolute atomic E-state index is 6.37. The van der Waals surface area contributed by atoms with Crippen LogP contribution in [0.15, 0.2) is 84.9 Å². The quantitative estimate of drug-likeness (QED) is 0.264. The molecule has 0 fully saturated rings. The number of pyridine rings is 1. The van der Waals surface area contributed by atoms with Crippen LogP contribution in [-0.2, 0) is 0 Å². The molecule has 0 saturated heterocycles. The van der Waals surface area contributed by atoms with Gasteiger partial charge in [0.05, 0.1) is 30.6 Å². The number of hydrogen-bond donors (Lipinski definition) is 0. The predicted octanol–water partition coefficient (Wildman–Crippen LogP) is 6.06. The van der Waals surface area contributed by atoms with Crippen molar-refractivity contribution in [2.24, 2.45) is 0 Å². The average Bonchev–Trinajstić information content (AvgIpc) is 2.83. The van der Waals surface area contributed by atoms with Gasteiger partial charge in [0, 0.05) is 29.8 Å². The minimum absolute atomic E-state index is 0.776. The minimum atomic E-state index is 0.776. The molecule has 0 N–H and O–H groups in total. The maximum Gasteiger partial charge on any atom is 0.223 e. The molecule has 0 unspecified atom stereocenters. The first kappa shape index (κ1) is 17.8. The van der Waals surface area contributed by atoms with Crippen LogP contribution in [0.3, 0.4) is 0 Å². The highest BCUT2D eigenvalue weighted by molar-refractivity contribution is 6.15. The SMILES string of the molecule is COc1cccc2c1-c1c3c(OC)cccc3[n+](-c3ccccc3)c3cccc(c13)O2. The van der Waals surface area contributed by atoms with Gasteiger partial charge in [0.15, 0.2) is 0 Å². The van der Waals surface area contributed by atoms with Crippen molar-refractivity contribution in [2.75, 3.05) is 14.2 Å². The second-order valence-electron chi connectivity index (χ2n) is 7.49. The van der Waals surface area contributed by atoms with Gasteiger partial charge in [0.2, 0.25) is 16.7 Å². The molecule has 0 aliphatic carbocycles. The maximum atomic E-state index is 6.37. The first-order valence-corrected chi connectivity index (χ1v) is 10.2. The Morgan fingerprint density at radius 3 is 2.00 bits per heavy atom. The van der Waals surface area contributed by atoms with Crippen LogP contribution in [0.1, 0.15) is 0 Å². The fourth-order valence-corrected chi connectivity index (χ4v) is 4.66. The number of benzene rings is 4. The van der Waals surface area contributed by atoms with Crippen LogP contribution in [0.25, 0.3) is 38.6 Å². The molecule has 4 nitrogen and oxygen atoms in total. The van der Waals surface area contributed by atoms with Crippen molar-refractivity contribution in [1.82, 2.24) is 0 Å². The van der Waals surface area contributed by atoms with Gasteiger partial charge in [-0.25, -0.2) is 0 Å². The van der Waals surface area contributed by atoms with Crippen LogP contribution in [-0.4, -0.2) is 14.2 Å². The molecule has 0 amide bonds. The third-order valence-corrected chi connectivity index (χ3v) is 5.90. The predicted molar refractivity (Wildman–Crippen MR) is 122 cm³/mol. The highest BCUT2D eigenvalue weighted by Crippen LogP contribution is 2.53. The number of rotatable bonds is 3. The molecule has 1 aromatic heterocycles. The summed E-state index contributed by atoms with van der Waals surface area (Å²) < 4.78 is 20.3. The number of ether oxygens (including phenoxy) is 3. The Bertz CT molecular complexity index is 1480. The van der Waals surface area contributed by atoms with Crippen LogP contribution >= 0.6 is 0 Å². The molecule has 0 radical (unpaired) electrons. The number of para-hydroxylation sites is 1. The Kier molecular flexibility index (Phi) is 3.87. The molecule has 2 heterocycles. The summed E-state index contributed by atoms with van der Waals surface area (Å²) in [5, 5.41) is 2.07. The van der Waals surface area contributed by atoms with Gasteiger partial charge in [-0.15, -0.1) is 0 Å². The van der Waals surface area contributed by atoms with Gasteiger partial charge in [-0.3, -0.25) is 0 Å². The van der Waals surface area contributed by atoms with Gasteiger partial charge in [-0.05, 0) is 24.3 Å². The molecule has 31 heavy (non-hydrogen) atoms. The first-order valence-electron chi connectivity index (χ1n) is 10.2. The molecule has 0 saturated carbocycles. The molecule has 0 bridgehead atoms. The Balaban J connectivity index is 1.92. The molecular formula is C27H20NO3+. The summed E-state index contributed by atoms with van der Waals surface area (Å²) >= 11 is 0. The summed E-state index contributed by atoms with van der Waals surface area (Å²) in [6.45, 7) is 0. The monoisotopic (exact) mass is 406 g/mol. The van der Waals surface area contributed by atoms with E-state index in [-0.39, 0.29) is 0 Å². The number of aromatic nitrogens is 1. The van der Waals surface area contributed by atoms with E-state index >= 15 is 0 Å². The molecule has 4 aromatic carbocycles. The molecule has 0 spiro atoms. The van der Waals surface area contributed by atoms with E-state index in [1.165, 1.54) is 0 Å². The standard InChI is InChI=1S/C27H20NO3/c1-29-20-13-6-11-18-24(20)27-25-19(28(18)17-9-4-3-5-10-17)12-7-15-22(25)31-23-16-8-14-21(30-2)26(23)27/h3-16H,1-2H3/q+1. The Hall–Kier alpha value is -4.05. The molecule has 0 atom stereocenters. The Morgan fingerprint density at radius 2 is 1.23 bits per heavy atom. The van der Waals surface area contributed by atoms with Crippen LogP contribution in [0.2, 0.25) is 0 Å². The summed E-state index contributed by atoms with van der Waals surface area (Å²) in [7, 11) is 3.41. The molecule has 150 valence electrons. The third kappa shape index (κ3) is 2.45. The highest BCUT2D eigenvalue weighted by Gasteiger charge is 2.33. The van der Waals surface area contributed by atoms with E-state index in [4.69, 9.17) is 14.2 Å². The van der Waals surface area contributed by atoms with Crippen molar-refractivity contribution >= 4 is 21.8 Å². The number of fused-ring (bicyclic) bond motifs is 4. The van der Waals surface area contributed by atoms with Crippen LogP contribution in [0.5, 0.6) is 23.0 Å². The third-order valence-electron chi connectivity index (χ3n) is 5.90. The number of methoxy groups -OCH3 is 2. The van der Waals surface area contributed by atoms with E-state index in [1.54, 1.807) is 14.2 Å². The van der Waals surface area contributed by atoms with Gasteiger partial charge in [-0.2, -0.15) is 4.57 Å². The van der Waals surface area contributed by atoms with Gasteiger partial charge >= 0.3 is 0 Å². The molecule has 5 aromatic rings. The fourth-order valence-electron chi connectivity index (χ4n) is 4.66. The lowest BCUT2D eigenvalue weighted by molar-refractivity contribution is -0.537. The van der Waals surface area contributed by atoms with E-state index < -0.39 is 0 Å². The topological polar surface area (TPSA) is 31.6 Å². The summed E-state index contributed by atoms with van der Waals surface area (Å²) in [6.07, 6.45) is 0. The van der Waals surface area contributed by atoms with Crippen molar-refractivity contribution in [1.29, 1.82) is 0 Å². The van der Waals surface area contributed by atoms with E-state index in [0.29, 0.717) is 0 Å². The zero-order valence-corrected chi connectivity index (χ0v) is 17.3. The summed E-state index contributed by atoms with van der Waals surface area (Å²) in [4.78, 5) is 0. The molecular weight excluding hydrogens is 386 g/mol. The zero-order chi connectivity index (χ0) is 20.9. The molecule has 1 aliphatic heterocycles. The van der Waals surface area contributed by atoms with Crippen LogP contribution in [0.4, 0.5) is 0 Å². The van der Waals surface area contributed by atoms with E-state index in [0.717, 1.165) is 61.6 Å². The van der Waals surface area contributed by atoms with Crippen molar-refractivity contribution in [3.8, 4) is 39.8 Å². The van der Waals surface area contributed by atoms with Crippen LogP contribution in [0, 0.1) is 0 Å². The van der Waals surface area contributed by atoms with Gasteiger partial charge in [0.1, 0.15) is 23.0 Å². The molecule has 6 rings (SSSR count). The van der Waals surface area contributed by atoms with E-state index in [2.05, 4.69) is 41.0 Å².